The topological polar surface area (TPSA) is 39.4 Å². The van der Waals surface area contributed by atoms with Crippen molar-refractivity contribution in [1.82, 2.24) is 0 Å². The summed E-state index contributed by atoms with van der Waals surface area (Å²) >= 11 is 3.41. The summed E-state index contributed by atoms with van der Waals surface area (Å²) in [6.07, 6.45) is 1.69. The van der Waals surface area contributed by atoms with Crippen LogP contribution in [0, 0.1) is 0 Å². The fraction of sp³-hybridized carbons (Fsp3) is 0.375. The molecule has 3 nitrogen and oxygen atoms in total. The Kier molecular flexibility index (Phi) is 8.18. The number of fused-ring (bicyclic) bond motifs is 1. The van der Waals surface area contributed by atoms with Crippen LogP contribution in [0.25, 0.3) is 22.3 Å². The minimum atomic E-state index is -4.55. The van der Waals surface area contributed by atoms with E-state index in [1.807, 2.05) is 6.07 Å². The van der Waals surface area contributed by atoms with Crippen molar-refractivity contribution in [2.45, 2.75) is 44.7 Å². The van der Waals surface area contributed by atoms with E-state index in [-0.39, 0.29) is 22.5 Å². The lowest BCUT2D eigenvalue weighted by atomic mass is 10.1. The summed E-state index contributed by atoms with van der Waals surface area (Å²) in [7, 11) is 0. The van der Waals surface area contributed by atoms with E-state index in [0.717, 1.165) is 49.6 Å². The highest BCUT2D eigenvalue weighted by atomic mass is 79.9. The largest absolute Gasteiger partial charge is 0.486 e. The van der Waals surface area contributed by atoms with E-state index in [9.17, 15) is 18.0 Å². The number of ether oxygens (including phenoxy) is 1. The van der Waals surface area contributed by atoms with Gasteiger partial charge >= 0.3 is 6.18 Å². The van der Waals surface area contributed by atoms with Crippen LogP contribution < -0.4 is 10.2 Å². The first-order chi connectivity index (χ1) is 14.9. The van der Waals surface area contributed by atoms with Crippen LogP contribution >= 0.6 is 15.9 Å². The molecule has 0 saturated heterocycles. The SMILES string of the molecule is O=c1c(OCCCCCCCCBr)c(-c2ccccc2)oc2ccc(C(F)(F)F)cc12. The molecule has 2 aromatic carbocycles. The van der Waals surface area contributed by atoms with Gasteiger partial charge in [-0.2, -0.15) is 13.2 Å². The third-order valence-corrected chi connectivity index (χ3v) is 5.55. The minimum Gasteiger partial charge on any atom is -0.486 e. The van der Waals surface area contributed by atoms with Crippen molar-refractivity contribution in [3.05, 3.63) is 64.3 Å². The van der Waals surface area contributed by atoms with Crippen molar-refractivity contribution in [3.8, 4) is 17.1 Å². The van der Waals surface area contributed by atoms with Crippen molar-refractivity contribution in [2.24, 2.45) is 0 Å². The van der Waals surface area contributed by atoms with E-state index in [1.54, 1.807) is 24.3 Å². The van der Waals surface area contributed by atoms with E-state index in [4.69, 9.17) is 9.15 Å². The van der Waals surface area contributed by atoms with Crippen molar-refractivity contribution in [1.29, 1.82) is 0 Å². The molecule has 0 spiro atoms. The molecule has 0 fully saturated rings. The van der Waals surface area contributed by atoms with Gasteiger partial charge in [-0.3, -0.25) is 4.79 Å². The Bertz CT molecular complexity index is 1050. The minimum absolute atomic E-state index is 0.0442. The molecule has 1 heterocycles. The van der Waals surface area contributed by atoms with E-state index in [1.165, 1.54) is 12.5 Å². The highest BCUT2D eigenvalue weighted by Gasteiger charge is 2.31. The maximum Gasteiger partial charge on any atom is 0.416 e. The van der Waals surface area contributed by atoms with Crippen LogP contribution in [0.15, 0.2) is 57.7 Å². The molecule has 0 saturated carbocycles. The second kappa shape index (κ2) is 10.8. The van der Waals surface area contributed by atoms with Gasteiger partial charge in [0.2, 0.25) is 11.2 Å². The molecule has 3 rings (SSSR count). The number of halogens is 4. The molecule has 166 valence electrons. The zero-order valence-electron chi connectivity index (χ0n) is 17.0. The predicted octanol–water partition coefficient (Wildman–Crippen LogP) is 7.59. The van der Waals surface area contributed by atoms with Crippen LogP contribution in [0.1, 0.15) is 44.1 Å². The van der Waals surface area contributed by atoms with Crippen LogP contribution in [0.3, 0.4) is 0 Å². The highest BCUT2D eigenvalue weighted by molar-refractivity contribution is 9.09. The molecule has 0 aliphatic heterocycles. The first-order valence-electron chi connectivity index (χ1n) is 10.3. The smallest absolute Gasteiger partial charge is 0.416 e. The lowest BCUT2D eigenvalue weighted by Gasteiger charge is -2.13. The van der Waals surface area contributed by atoms with Crippen molar-refractivity contribution >= 4 is 26.9 Å². The molecule has 0 aliphatic rings. The summed E-state index contributed by atoms with van der Waals surface area (Å²) in [4.78, 5) is 13.1. The first kappa shape index (κ1) is 23.4. The van der Waals surface area contributed by atoms with E-state index < -0.39 is 17.2 Å². The molecule has 0 N–H and O–H groups in total. The normalized spacial score (nSPS) is 11.7. The van der Waals surface area contributed by atoms with Gasteiger partial charge in [0.15, 0.2) is 5.76 Å². The summed E-state index contributed by atoms with van der Waals surface area (Å²) in [5.74, 6) is 0.187. The molecular weight excluding hydrogens is 473 g/mol. The lowest BCUT2D eigenvalue weighted by Crippen LogP contribution is -2.13. The Morgan fingerprint density at radius 1 is 0.903 bits per heavy atom. The Labute approximate surface area is 187 Å². The molecule has 1 aromatic heterocycles. The first-order valence-corrected chi connectivity index (χ1v) is 11.5. The Balaban J connectivity index is 1.87. The summed E-state index contributed by atoms with van der Waals surface area (Å²) in [6.45, 7) is 0.299. The van der Waals surface area contributed by atoms with Gasteiger partial charge in [-0.05, 0) is 31.0 Å². The lowest BCUT2D eigenvalue weighted by molar-refractivity contribution is -0.137. The van der Waals surface area contributed by atoms with Crippen LogP contribution in [0.5, 0.6) is 5.75 Å². The fourth-order valence-electron chi connectivity index (χ4n) is 3.34. The second-order valence-electron chi connectivity index (χ2n) is 7.32. The number of hydrogen-bond donors (Lipinski definition) is 0. The average Bonchev–Trinajstić information content (AvgIpc) is 2.76. The molecule has 0 aliphatic carbocycles. The number of benzene rings is 2. The Hall–Kier alpha value is -2.28. The molecule has 0 unspecified atom stereocenters. The van der Waals surface area contributed by atoms with Crippen molar-refractivity contribution < 1.29 is 22.3 Å². The number of alkyl halides is 4. The van der Waals surface area contributed by atoms with Crippen molar-refractivity contribution in [2.75, 3.05) is 11.9 Å². The summed E-state index contributed by atoms with van der Waals surface area (Å²) < 4.78 is 51.0. The van der Waals surface area contributed by atoms with Gasteiger partial charge in [0.25, 0.3) is 0 Å². The number of rotatable bonds is 10. The molecule has 0 radical (unpaired) electrons. The van der Waals surface area contributed by atoms with Gasteiger partial charge in [0, 0.05) is 10.9 Å². The van der Waals surface area contributed by atoms with Crippen molar-refractivity contribution in [3.63, 3.8) is 0 Å². The van der Waals surface area contributed by atoms with Gasteiger partial charge in [-0.25, -0.2) is 0 Å². The molecule has 0 atom stereocenters. The monoisotopic (exact) mass is 496 g/mol. The van der Waals surface area contributed by atoms with E-state index >= 15 is 0 Å². The molecule has 7 heteroatoms. The second-order valence-corrected chi connectivity index (χ2v) is 8.12. The Morgan fingerprint density at radius 2 is 1.58 bits per heavy atom. The van der Waals surface area contributed by atoms with Crippen LogP contribution in [-0.4, -0.2) is 11.9 Å². The van der Waals surface area contributed by atoms with E-state index in [2.05, 4.69) is 15.9 Å². The predicted molar refractivity (Wildman–Crippen MR) is 120 cm³/mol. The Morgan fingerprint density at radius 3 is 2.26 bits per heavy atom. The quantitative estimate of drug-likeness (QED) is 0.214. The summed E-state index contributed by atoms with van der Waals surface area (Å²) in [6, 6.07) is 11.9. The van der Waals surface area contributed by atoms with Gasteiger partial charge in [0.1, 0.15) is 5.58 Å². The summed E-state index contributed by atoms with van der Waals surface area (Å²) in [5, 5.41) is 0.867. The highest BCUT2D eigenvalue weighted by Crippen LogP contribution is 2.34. The van der Waals surface area contributed by atoms with Crippen LogP contribution in [0.2, 0.25) is 0 Å². The van der Waals surface area contributed by atoms with E-state index in [0.29, 0.717) is 12.2 Å². The molecule has 0 amide bonds. The van der Waals surface area contributed by atoms with Crippen LogP contribution in [-0.2, 0) is 6.18 Å². The van der Waals surface area contributed by atoms with Gasteiger partial charge in [-0.15, -0.1) is 0 Å². The summed E-state index contributed by atoms with van der Waals surface area (Å²) in [5.41, 5.74) is -0.764. The molecule has 0 bridgehead atoms. The zero-order valence-corrected chi connectivity index (χ0v) is 18.6. The molecule has 31 heavy (non-hydrogen) atoms. The molecule has 3 aromatic rings. The molecular formula is C24H24BrF3O3. The van der Waals surface area contributed by atoms with Gasteiger partial charge < -0.3 is 9.15 Å². The number of hydrogen-bond acceptors (Lipinski definition) is 3. The van der Waals surface area contributed by atoms with Gasteiger partial charge in [-0.1, -0.05) is 71.9 Å². The maximum absolute atomic E-state index is 13.1. The standard InChI is InChI=1S/C24H24BrF3O3/c25-14-8-3-1-2-4-9-15-30-23-21(29)19-16-18(24(26,27)28)12-13-20(19)31-22(23)17-10-6-5-7-11-17/h5-7,10-13,16H,1-4,8-9,14-15H2. The van der Waals surface area contributed by atoms with Crippen LogP contribution in [0.4, 0.5) is 13.2 Å². The fourth-order valence-corrected chi connectivity index (χ4v) is 3.74. The maximum atomic E-state index is 13.1. The van der Waals surface area contributed by atoms with Gasteiger partial charge in [0.05, 0.1) is 17.6 Å². The third kappa shape index (κ3) is 6.12. The number of unbranched alkanes of at least 4 members (excludes halogenated alkanes) is 5. The zero-order chi connectivity index (χ0) is 22.3. The average molecular weight is 497 g/mol. The third-order valence-electron chi connectivity index (χ3n) is 4.99.